The lowest BCUT2D eigenvalue weighted by molar-refractivity contribution is 0.370. The fraction of sp³-hybridized carbons (Fsp3) is 0.400. The highest BCUT2D eigenvalue weighted by molar-refractivity contribution is 5.77. The van der Waals surface area contributed by atoms with Crippen molar-refractivity contribution in [3.63, 3.8) is 0 Å². The average Bonchev–Trinajstić information content (AvgIpc) is 3.17. The highest BCUT2D eigenvalue weighted by Gasteiger charge is 2.17. The van der Waals surface area contributed by atoms with Crippen LogP contribution in [0.1, 0.15) is 18.5 Å². The van der Waals surface area contributed by atoms with E-state index in [1.54, 1.807) is 16.9 Å². The molecule has 0 amide bonds. The number of nitrogens with one attached hydrogen (secondary N) is 2. The molecule has 7 heteroatoms. The van der Waals surface area contributed by atoms with E-state index < -0.39 is 0 Å². The van der Waals surface area contributed by atoms with Crippen LogP contribution in [-0.4, -0.2) is 37.9 Å². The summed E-state index contributed by atoms with van der Waals surface area (Å²) in [4.78, 5) is 4.80. The molecule has 4 N–H and O–H groups in total. The first-order chi connectivity index (χ1) is 10.8. The van der Waals surface area contributed by atoms with Gasteiger partial charge in [-0.05, 0) is 38.3 Å². The summed E-state index contributed by atoms with van der Waals surface area (Å²) in [6.07, 6.45) is 8.76. The van der Waals surface area contributed by atoms with Gasteiger partial charge < -0.3 is 11.1 Å². The van der Waals surface area contributed by atoms with E-state index in [2.05, 4.69) is 20.6 Å². The highest BCUT2D eigenvalue weighted by Crippen LogP contribution is 2.25. The van der Waals surface area contributed by atoms with Crippen molar-refractivity contribution < 1.29 is 0 Å². The van der Waals surface area contributed by atoms with Crippen LogP contribution in [0.3, 0.4) is 0 Å². The van der Waals surface area contributed by atoms with Crippen LogP contribution in [0.2, 0.25) is 0 Å². The molecule has 3 aromatic heterocycles. The number of aromatic amines is 1. The minimum Gasteiger partial charge on any atom is -0.384 e. The van der Waals surface area contributed by atoms with Crippen LogP contribution >= 0.6 is 0 Å². The predicted molar refractivity (Wildman–Crippen MR) is 84.3 cm³/mol. The first-order valence-electron chi connectivity index (χ1n) is 7.64. The molecule has 0 spiro atoms. The van der Waals surface area contributed by atoms with Crippen LogP contribution in [0.15, 0.2) is 24.7 Å². The molecular weight excluding hydrogens is 278 g/mol. The summed E-state index contributed by atoms with van der Waals surface area (Å²) in [5, 5.41) is 14.6. The zero-order chi connectivity index (χ0) is 14.9. The Morgan fingerprint density at radius 1 is 1.27 bits per heavy atom. The molecule has 4 heterocycles. The maximum atomic E-state index is 6.15. The van der Waals surface area contributed by atoms with E-state index in [0.29, 0.717) is 11.7 Å². The first-order valence-corrected chi connectivity index (χ1v) is 7.64. The van der Waals surface area contributed by atoms with Gasteiger partial charge in [-0.25, -0.2) is 4.98 Å². The summed E-state index contributed by atoms with van der Waals surface area (Å²) >= 11 is 0. The van der Waals surface area contributed by atoms with Crippen molar-refractivity contribution in [1.29, 1.82) is 0 Å². The second kappa shape index (κ2) is 5.42. The molecule has 22 heavy (non-hydrogen) atoms. The lowest BCUT2D eigenvalue weighted by Gasteiger charge is -2.22. The Balaban J connectivity index is 1.72. The van der Waals surface area contributed by atoms with Gasteiger partial charge in [0.25, 0.3) is 0 Å². The molecular formula is C15H19N7. The Morgan fingerprint density at radius 2 is 2.14 bits per heavy atom. The fourth-order valence-electron chi connectivity index (χ4n) is 3.13. The van der Waals surface area contributed by atoms with E-state index in [-0.39, 0.29) is 0 Å². The normalized spacial score (nSPS) is 16.4. The predicted octanol–water partition coefficient (Wildman–Crippen LogP) is 1.24. The number of nitrogens with two attached hydrogens (primary N) is 1. The molecule has 1 aliphatic heterocycles. The summed E-state index contributed by atoms with van der Waals surface area (Å²) in [5.74, 6) is 1.31. The maximum absolute atomic E-state index is 6.15. The molecule has 3 aromatic rings. The zero-order valence-electron chi connectivity index (χ0n) is 12.3. The molecule has 0 radical (unpaired) electrons. The summed E-state index contributed by atoms with van der Waals surface area (Å²) < 4.78 is 1.69. The molecule has 0 aliphatic carbocycles. The third-order valence-electron chi connectivity index (χ3n) is 4.32. The lowest BCUT2D eigenvalue weighted by atomic mass is 9.93. The third kappa shape index (κ3) is 2.33. The Kier molecular flexibility index (Phi) is 3.27. The van der Waals surface area contributed by atoms with Crippen molar-refractivity contribution in [2.45, 2.75) is 19.3 Å². The standard InChI is InChI=1S/C15H19N7/c16-14-6-12(5-10-1-3-17-4-2-10)21-15-13(9-20-22(14)15)11-7-18-19-8-11/h6-10,17H,1-5,16H2,(H,18,19). The summed E-state index contributed by atoms with van der Waals surface area (Å²) in [6.45, 7) is 2.19. The Bertz CT molecular complexity index is 769. The molecule has 4 rings (SSSR count). The van der Waals surface area contributed by atoms with E-state index in [1.807, 2.05) is 12.3 Å². The number of nitrogen functional groups attached to an aromatic ring is 1. The van der Waals surface area contributed by atoms with Crippen molar-refractivity contribution >= 4 is 11.5 Å². The van der Waals surface area contributed by atoms with Gasteiger partial charge >= 0.3 is 0 Å². The lowest BCUT2D eigenvalue weighted by Crippen LogP contribution is -2.28. The minimum absolute atomic E-state index is 0.628. The maximum Gasteiger partial charge on any atom is 0.165 e. The van der Waals surface area contributed by atoms with Crippen LogP contribution < -0.4 is 11.1 Å². The van der Waals surface area contributed by atoms with Crippen LogP contribution in [0, 0.1) is 5.92 Å². The van der Waals surface area contributed by atoms with Crippen LogP contribution in [0.4, 0.5) is 5.82 Å². The number of anilines is 1. The topological polar surface area (TPSA) is 96.9 Å². The second-order valence-electron chi connectivity index (χ2n) is 5.85. The van der Waals surface area contributed by atoms with E-state index in [9.17, 15) is 0 Å². The van der Waals surface area contributed by atoms with Crippen molar-refractivity contribution in [1.82, 2.24) is 30.1 Å². The van der Waals surface area contributed by atoms with Gasteiger partial charge in [0.2, 0.25) is 0 Å². The van der Waals surface area contributed by atoms with Gasteiger partial charge in [0, 0.05) is 29.1 Å². The van der Waals surface area contributed by atoms with E-state index >= 15 is 0 Å². The fourth-order valence-corrected chi connectivity index (χ4v) is 3.13. The third-order valence-corrected chi connectivity index (χ3v) is 4.32. The van der Waals surface area contributed by atoms with Gasteiger partial charge in [-0.2, -0.15) is 14.7 Å². The van der Waals surface area contributed by atoms with Crippen LogP contribution in [0.5, 0.6) is 0 Å². The monoisotopic (exact) mass is 297 g/mol. The number of piperidine rings is 1. The number of hydrogen-bond acceptors (Lipinski definition) is 5. The number of nitrogens with zero attached hydrogens (tertiary/aromatic N) is 4. The van der Waals surface area contributed by atoms with Crippen molar-refractivity contribution in [2.75, 3.05) is 18.8 Å². The second-order valence-corrected chi connectivity index (χ2v) is 5.85. The van der Waals surface area contributed by atoms with Crippen LogP contribution in [0.25, 0.3) is 16.8 Å². The Labute approximate surface area is 127 Å². The molecule has 0 aromatic carbocycles. The number of H-pyrrole nitrogens is 1. The number of hydrogen-bond donors (Lipinski definition) is 3. The molecule has 1 fully saturated rings. The van der Waals surface area contributed by atoms with E-state index in [0.717, 1.165) is 42.0 Å². The SMILES string of the molecule is Nc1cc(CC2CCNCC2)nc2c(-c3cn[nH]c3)cnn12. The Hall–Kier alpha value is -2.41. The van der Waals surface area contributed by atoms with Gasteiger partial charge in [-0.1, -0.05) is 0 Å². The Morgan fingerprint density at radius 3 is 2.91 bits per heavy atom. The molecule has 0 unspecified atom stereocenters. The van der Waals surface area contributed by atoms with Gasteiger partial charge in [0.05, 0.1) is 12.4 Å². The number of aromatic nitrogens is 5. The molecule has 7 nitrogen and oxygen atoms in total. The van der Waals surface area contributed by atoms with Crippen molar-refractivity contribution in [3.8, 4) is 11.1 Å². The summed E-state index contributed by atoms with van der Waals surface area (Å²) in [6, 6.07) is 1.95. The van der Waals surface area contributed by atoms with Gasteiger partial charge in [-0.3, -0.25) is 5.10 Å². The van der Waals surface area contributed by atoms with E-state index in [4.69, 9.17) is 10.7 Å². The average molecular weight is 297 g/mol. The number of fused-ring (bicyclic) bond motifs is 1. The number of rotatable bonds is 3. The quantitative estimate of drug-likeness (QED) is 0.676. The van der Waals surface area contributed by atoms with Crippen molar-refractivity contribution in [2.24, 2.45) is 5.92 Å². The van der Waals surface area contributed by atoms with Gasteiger partial charge in [-0.15, -0.1) is 0 Å². The molecule has 114 valence electrons. The smallest absolute Gasteiger partial charge is 0.165 e. The minimum atomic E-state index is 0.628. The highest BCUT2D eigenvalue weighted by atomic mass is 15.3. The molecule has 1 saturated heterocycles. The zero-order valence-corrected chi connectivity index (χ0v) is 12.3. The molecule has 0 bridgehead atoms. The molecule has 0 saturated carbocycles. The van der Waals surface area contributed by atoms with Gasteiger partial charge in [0.15, 0.2) is 5.65 Å². The molecule has 0 atom stereocenters. The van der Waals surface area contributed by atoms with Crippen LogP contribution in [-0.2, 0) is 6.42 Å². The largest absolute Gasteiger partial charge is 0.384 e. The van der Waals surface area contributed by atoms with E-state index in [1.165, 1.54) is 12.8 Å². The van der Waals surface area contributed by atoms with Gasteiger partial charge in [0.1, 0.15) is 5.82 Å². The molecule has 1 aliphatic rings. The first kappa shape index (κ1) is 13.3. The summed E-state index contributed by atoms with van der Waals surface area (Å²) in [5.41, 5.74) is 9.92. The van der Waals surface area contributed by atoms with Crippen molar-refractivity contribution in [3.05, 3.63) is 30.4 Å². The summed E-state index contributed by atoms with van der Waals surface area (Å²) in [7, 11) is 0.